The SMILES string of the molecule is Cc1ccc(/C=C/c2ccc(N(c3ccccc3)c3ccccc3)cc2)c(C)c1. The predicted octanol–water partition coefficient (Wildman–Crippen LogP) is 7.94. The summed E-state index contributed by atoms with van der Waals surface area (Å²) in [6, 6.07) is 36.2. The largest absolute Gasteiger partial charge is 0.311 e. The highest BCUT2D eigenvalue weighted by molar-refractivity contribution is 5.78. The van der Waals surface area contributed by atoms with Crippen LogP contribution in [0.4, 0.5) is 17.1 Å². The quantitative estimate of drug-likeness (QED) is 0.320. The molecule has 0 radical (unpaired) electrons. The van der Waals surface area contributed by atoms with Gasteiger partial charge in [-0.05, 0) is 66.9 Å². The van der Waals surface area contributed by atoms with Gasteiger partial charge in [-0.3, -0.25) is 0 Å². The van der Waals surface area contributed by atoms with Gasteiger partial charge in [0.1, 0.15) is 0 Å². The fourth-order valence-corrected chi connectivity index (χ4v) is 3.53. The average molecular weight is 376 g/mol. The third-order valence-corrected chi connectivity index (χ3v) is 5.06. The Balaban J connectivity index is 1.63. The Hall–Kier alpha value is -3.58. The zero-order chi connectivity index (χ0) is 20.1. The summed E-state index contributed by atoms with van der Waals surface area (Å²) >= 11 is 0. The molecule has 1 heteroatoms. The van der Waals surface area contributed by atoms with E-state index in [9.17, 15) is 0 Å². The molecule has 4 rings (SSSR count). The molecule has 0 aliphatic heterocycles. The molecule has 0 fully saturated rings. The molecule has 0 unspecified atom stereocenters. The van der Waals surface area contributed by atoms with Crippen molar-refractivity contribution in [2.75, 3.05) is 4.90 Å². The van der Waals surface area contributed by atoms with Gasteiger partial charge in [0.25, 0.3) is 0 Å². The summed E-state index contributed by atoms with van der Waals surface area (Å²) in [7, 11) is 0. The Bertz CT molecular complexity index is 1050. The lowest BCUT2D eigenvalue weighted by Gasteiger charge is -2.25. The van der Waals surface area contributed by atoms with Crippen LogP contribution in [-0.2, 0) is 0 Å². The van der Waals surface area contributed by atoms with E-state index in [1.54, 1.807) is 0 Å². The summed E-state index contributed by atoms with van der Waals surface area (Å²) in [5, 5.41) is 0. The van der Waals surface area contributed by atoms with E-state index in [2.05, 4.69) is 122 Å². The van der Waals surface area contributed by atoms with Crippen LogP contribution < -0.4 is 4.90 Å². The molecule has 0 N–H and O–H groups in total. The van der Waals surface area contributed by atoms with E-state index in [1.165, 1.54) is 22.3 Å². The number of rotatable bonds is 5. The monoisotopic (exact) mass is 375 g/mol. The van der Waals surface area contributed by atoms with E-state index in [-0.39, 0.29) is 0 Å². The molecular weight excluding hydrogens is 350 g/mol. The van der Waals surface area contributed by atoms with E-state index in [1.807, 2.05) is 12.1 Å². The van der Waals surface area contributed by atoms with Gasteiger partial charge in [-0.25, -0.2) is 0 Å². The molecule has 4 aromatic carbocycles. The van der Waals surface area contributed by atoms with Crippen molar-refractivity contribution in [1.82, 2.24) is 0 Å². The molecule has 0 aliphatic rings. The second kappa shape index (κ2) is 8.62. The van der Waals surface area contributed by atoms with Crippen LogP contribution in [-0.4, -0.2) is 0 Å². The van der Waals surface area contributed by atoms with Gasteiger partial charge in [0.05, 0.1) is 0 Å². The maximum atomic E-state index is 2.28. The number of hydrogen-bond acceptors (Lipinski definition) is 1. The Morgan fingerprint density at radius 1 is 0.552 bits per heavy atom. The fraction of sp³-hybridized carbons (Fsp3) is 0.0714. The molecule has 4 aromatic rings. The summed E-state index contributed by atoms with van der Waals surface area (Å²) in [4.78, 5) is 2.28. The summed E-state index contributed by atoms with van der Waals surface area (Å²) in [6.45, 7) is 4.29. The van der Waals surface area contributed by atoms with Crippen LogP contribution >= 0.6 is 0 Å². The molecule has 0 aromatic heterocycles. The van der Waals surface area contributed by atoms with Crippen molar-refractivity contribution in [3.8, 4) is 0 Å². The number of nitrogens with zero attached hydrogens (tertiary/aromatic N) is 1. The maximum absolute atomic E-state index is 2.28. The Labute approximate surface area is 173 Å². The molecule has 0 amide bonds. The number of aryl methyl sites for hydroxylation is 2. The second-order valence-electron chi connectivity index (χ2n) is 7.29. The van der Waals surface area contributed by atoms with E-state index < -0.39 is 0 Å². The number of benzene rings is 4. The maximum Gasteiger partial charge on any atom is 0.0462 e. The molecule has 0 aliphatic carbocycles. The molecule has 0 saturated carbocycles. The third-order valence-electron chi connectivity index (χ3n) is 5.06. The minimum Gasteiger partial charge on any atom is -0.311 e. The zero-order valence-corrected chi connectivity index (χ0v) is 16.9. The standard InChI is InChI=1S/C28H25N/c1-22-13-17-25(23(2)21-22)18-14-24-15-19-28(20-16-24)29(26-9-5-3-6-10-26)27-11-7-4-8-12-27/h3-21H,1-2H3/b18-14+. The van der Waals surface area contributed by atoms with Crippen molar-refractivity contribution < 1.29 is 0 Å². The van der Waals surface area contributed by atoms with Crippen LogP contribution in [0.2, 0.25) is 0 Å². The first-order valence-electron chi connectivity index (χ1n) is 9.96. The Kier molecular flexibility index (Phi) is 5.58. The van der Waals surface area contributed by atoms with Crippen LogP contribution in [0, 0.1) is 13.8 Å². The molecule has 0 saturated heterocycles. The van der Waals surface area contributed by atoms with Gasteiger partial charge in [-0.15, -0.1) is 0 Å². The lowest BCUT2D eigenvalue weighted by Crippen LogP contribution is -2.09. The molecule has 142 valence electrons. The van der Waals surface area contributed by atoms with E-state index in [4.69, 9.17) is 0 Å². The predicted molar refractivity (Wildman–Crippen MR) is 126 cm³/mol. The Morgan fingerprint density at radius 3 is 1.66 bits per heavy atom. The minimum absolute atomic E-state index is 1.14. The van der Waals surface area contributed by atoms with Gasteiger partial charge in [-0.2, -0.15) is 0 Å². The highest BCUT2D eigenvalue weighted by atomic mass is 15.1. The van der Waals surface area contributed by atoms with Gasteiger partial charge in [-0.1, -0.05) is 84.4 Å². The molecule has 1 nitrogen and oxygen atoms in total. The van der Waals surface area contributed by atoms with Crippen molar-refractivity contribution in [3.63, 3.8) is 0 Å². The summed E-state index contributed by atoms with van der Waals surface area (Å²) < 4.78 is 0. The topological polar surface area (TPSA) is 3.24 Å². The first-order chi connectivity index (χ1) is 14.2. The lowest BCUT2D eigenvalue weighted by molar-refractivity contribution is 1.28. The van der Waals surface area contributed by atoms with Crippen LogP contribution in [0.1, 0.15) is 22.3 Å². The van der Waals surface area contributed by atoms with E-state index in [0.29, 0.717) is 0 Å². The number of anilines is 3. The van der Waals surface area contributed by atoms with Gasteiger partial charge in [0.2, 0.25) is 0 Å². The number of hydrogen-bond donors (Lipinski definition) is 0. The normalized spacial score (nSPS) is 11.0. The highest BCUT2D eigenvalue weighted by Gasteiger charge is 2.11. The molecule has 0 spiro atoms. The smallest absolute Gasteiger partial charge is 0.0462 e. The van der Waals surface area contributed by atoms with Gasteiger partial charge in [0.15, 0.2) is 0 Å². The van der Waals surface area contributed by atoms with Crippen molar-refractivity contribution in [2.24, 2.45) is 0 Å². The van der Waals surface area contributed by atoms with Gasteiger partial charge < -0.3 is 4.90 Å². The fourth-order valence-electron chi connectivity index (χ4n) is 3.53. The average Bonchev–Trinajstić information content (AvgIpc) is 2.76. The van der Waals surface area contributed by atoms with Crippen LogP contribution in [0.25, 0.3) is 12.2 Å². The third kappa shape index (κ3) is 4.47. The van der Waals surface area contributed by atoms with Crippen molar-refractivity contribution in [2.45, 2.75) is 13.8 Å². The summed E-state index contributed by atoms with van der Waals surface area (Å²) in [6.07, 6.45) is 4.37. The lowest BCUT2D eigenvalue weighted by atomic mass is 10.0. The zero-order valence-electron chi connectivity index (χ0n) is 16.9. The molecule has 29 heavy (non-hydrogen) atoms. The number of para-hydroxylation sites is 2. The minimum atomic E-state index is 1.14. The van der Waals surface area contributed by atoms with Crippen LogP contribution in [0.5, 0.6) is 0 Å². The highest BCUT2D eigenvalue weighted by Crippen LogP contribution is 2.34. The summed E-state index contributed by atoms with van der Waals surface area (Å²) in [5.41, 5.74) is 8.49. The van der Waals surface area contributed by atoms with Gasteiger partial charge in [0, 0.05) is 17.1 Å². The first-order valence-corrected chi connectivity index (χ1v) is 9.96. The van der Waals surface area contributed by atoms with Crippen molar-refractivity contribution in [1.29, 1.82) is 0 Å². The van der Waals surface area contributed by atoms with Crippen molar-refractivity contribution in [3.05, 3.63) is 125 Å². The van der Waals surface area contributed by atoms with Crippen molar-refractivity contribution >= 4 is 29.2 Å². The van der Waals surface area contributed by atoms with E-state index in [0.717, 1.165) is 17.1 Å². The summed E-state index contributed by atoms with van der Waals surface area (Å²) in [5.74, 6) is 0. The van der Waals surface area contributed by atoms with Crippen LogP contribution in [0.15, 0.2) is 103 Å². The molecule has 0 heterocycles. The molecule has 0 bridgehead atoms. The van der Waals surface area contributed by atoms with Crippen LogP contribution in [0.3, 0.4) is 0 Å². The van der Waals surface area contributed by atoms with Gasteiger partial charge >= 0.3 is 0 Å². The van der Waals surface area contributed by atoms with E-state index >= 15 is 0 Å². The first kappa shape index (κ1) is 18.8. The molecular formula is C28H25N. The Morgan fingerprint density at radius 2 is 1.10 bits per heavy atom. The second-order valence-corrected chi connectivity index (χ2v) is 7.29. The molecule has 0 atom stereocenters.